The fourth-order valence-corrected chi connectivity index (χ4v) is 2.89. The number of nitrogens with one attached hydrogen (secondary N) is 1. The highest BCUT2D eigenvalue weighted by molar-refractivity contribution is 7.89. The number of rotatable bonds is 5. The predicted octanol–water partition coefficient (Wildman–Crippen LogP) is 1.53. The summed E-state index contributed by atoms with van der Waals surface area (Å²) in [5.41, 5.74) is 7.41. The highest BCUT2D eigenvalue weighted by atomic mass is 32.2. The molecule has 0 bridgehead atoms. The summed E-state index contributed by atoms with van der Waals surface area (Å²) in [4.78, 5) is 0.299. The lowest BCUT2D eigenvalue weighted by Gasteiger charge is -2.13. The van der Waals surface area contributed by atoms with Gasteiger partial charge in [-0.15, -0.1) is 0 Å². The van der Waals surface area contributed by atoms with E-state index in [1.165, 1.54) is 0 Å². The Hall–Kier alpha value is -0.910. The van der Waals surface area contributed by atoms with Gasteiger partial charge in [-0.1, -0.05) is 13.0 Å². The largest absolute Gasteiger partial charge is 0.326 e. The second-order valence-corrected chi connectivity index (χ2v) is 5.94. The van der Waals surface area contributed by atoms with E-state index in [0.29, 0.717) is 11.4 Å². The molecule has 0 saturated carbocycles. The summed E-state index contributed by atoms with van der Waals surface area (Å²) >= 11 is 0. The molecule has 0 spiro atoms. The Morgan fingerprint density at radius 3 is 2.53 bits per heavy atom. The van der Waals surface area contributed by atoms with Gasteiger partial charge in [-0.05, 0) is 43.5 Å². The van der Waals surface area contributed by atoms with Crippen LogP contribution in [-0.2, 0) is 16.6 Å². The third-order valence-electron chi connectivity index (χ3n) is 2.81. The molecule has 0 saturated heterocycles. The van der Waals surface area contributed by atoms with Crippen LogP contribution >= 0.6 is 0 Å². The van der Waals surface area contributed by atoms with E-state index in [1.54, 1.807) is 18.2 Å². The van der Waals surface area contributed by atoms with Gasteiger partial charge in [-0.2, -0.15) is 0 Å². The van der Waals surface area contributed by atoms with Gasteiger partial charge in [-0.3, -0.25) is 0 Å². The summed E-state index contributed by atoms with van der Waals surface area (Å²) in [5, 5.41) is 0. The number of benzene rings is 1. The van der Waals surface area contributed by atoms with E-state index in [2.05, 4.69) is 4.72 Å². The van der Waals surface area contributed by atoms with Crippen LogP contribution in [0, 0.1) is 6.92 Å². The van der Waals surface area contributed by atoms with E-state index in [9.17, 15) is 8.42 Å². The van der Waals surface area contributed by atoms with Crippen molar-refractivity contribution in [3.05, 3.63) is 29.3 Å². The molecular weight excluding hydrogens is 236 g/mol. The van der Waals surface area contributed by atoms with Crippen LogP contribution in [0.5, 0.6) is 0 Å². The zero-order chi connectivity index (χ0) is 13.1. The molecule has 0 radical (unpaired) electrons. The average Bonchev–Trinajstić information content (AvgIpc) is 2.28. The Morgan fingerprint density at radius 2 is 2.06 bits per heavy atom. The molecule has 0 aliphatic carbocycles. The first-order valence-corrected chi connectivity index (χ1v) is 7.21. The number of hydrogen-bond acceptors (Lipinski definition) is 3. The van der Waals surface area contributed by atoms with Crippen LogP contribution in [0.25, 0.3) is 0 Å². The minimum absolute atomic E-state index is 0.0607. The van der Waals surface area contributed by atoms with E-state index < -0.39 is 10.0 Å². The summed E-state index contributed by atoms with van der Waals surface area (Å²) in [5.74, 6) is 0. The van der Waals surface area contributed by atoms with Crippen molar-refractivity contribution in [3.8, 4) is 0 Å². The van der Waals surface area contributed by atoms with Crippen molar-refractivity contribution in [3.63, 3.8) is 0 Å². The molecule has 96 valence electrons. The van der Waals surface area contributed by atoms with E-state index >= 15 is 0 Å². The molecule has 1 aromatic rings. The van der Waals surface area contributed by atoms with Gasteiger partial charge in [0.05, 0.1) is 4.90 Å². The lowest BCUT2D eigenvalue weighted by atomic mass is 10.1. The molecule has 17 heavy (non-hydrogen) atoms. The van der Waals surface area contributed by atoms with Crippen LogP contribution in [0.4, 0.5) is 0 Å². The Balaban J connectivity index is 3.04. The highest BCUT2D eigenvalue weighted by Gasteiger charge is 2.16. The molecular formula is C12H20N2O2S. The molecule has 4 nitrogen and oxygen atoms in total. The maximum Gasteiger partial charge on any atom is 0.240 e. The van der Waals surface area contributed by atoms with Crippen LogP contribution in [0.15, 0.2) is 23.1 Å². The maximum absolute atomic E-state index is 12.0. The topological polar surface area (TPSA) is 72.2 Å². The summed E-state index contributed by atoms with van der Waals surface area (Å²) in [6.45, 7) is 6.07. The molecule has 5 heteroatoms. The van der Waals surface area contributed by atoms with Gasteiger partial charge in [0.15, 0.2) is 0 Å². The molecule has 1 aromatic carbocycles. The van der Waals surface area contributed by atoms with Gasteiger partial charge in [0.25, 0.3) is 0 Å². The van der Waals surface area contributed by atoms with Crippen molar-refractivity contribution in [2.75, 3.05) is 0 Å². The monoisotopic (exact) mass is 256 g/mol. The lowest BCUT2D eigenvalue weighted by Crippen LogP contribution is -2.32. The first-order chi connectivity index (χ1) is 7.90. The van der Waals surface area contributed by atoms with Crippen LogP contribution in [0.2, 0.25) is 0 Å². The normalized spacial score (nSPS) is 13.6. The van der Waals surface area contributed by atoms with Gasteiger partial charge in [-0.25, -0.2) is 13.1 Å². The quantitative estimate of drug-likeness (QED) is 0.839. The van der Waals surface area contributed by atoms with Crippen molar-refractivity contribution >= 4 is 10.0 Å². The minimum atomic E-state index is -3.41. The fourth-order valence-electron chi connectivity index (χ4n) is 1.48. The van der Waals surface area contributed by atoms with Crippen molar-refractivity contribution in [2.24, 2.45) is 5.73 Å². The number of sulfonamides is 1. The van der Waals surface area contributed by atoms with Gasteiger partial charge in [0.1, 0.15) is 0 Å². The molecule has 0 heterocycles. The van der Waals surface area contributed by atoms with Crippen LogP contribution in [0.3, 0.4) is 0 Å². The van der Waals surface area contributed by atoms with Gasteiger partial charge in [0.2, 0.25) is 10.0 Å². The minimum Gasteiger partial charge on any atom is -0.326 e. The summed E-state index contributed by atoms with van der Waals surface area (Å²) in [6.07, 6.45) is 0.763. The molecule has 1 rings (SSSR count). The Morgan fingerprint density at radius 1 is 1.41 bits per heavy atom. The van der Waals surface area contributed by atoms with Crippen LogP contribution in [0.1, 0.15) is 31.4 Å². The zero-order valence-corrected chi connectivity index (χ0v) is 11.3. The zero-order valence-electron chi connectivity index (χ0n) is 10.5. The fraction of sp³-hybridized carbons (Fsp3) is 0.500. The first kappa shape index (κ1) is 14.2. The second-order valence-electron chi connectivity index (χ2n) is 4.22. The van der Waals surface area contributed by atoms with Gasteiger partial charge in [0, 0.05) is 12.6 Å². The predicted molar refractivity (Wildman–Crippen MR) is 69.1 cm³/mol. The van der Waals surface area contributed by atoms with Crippen LogP contribution < -0.4 is 10.5 Å². The number of aryl methyl sites for hydroxylation is 1. The molecule has 3 N–H and O–H groups in total. The second kappa shape index (κ2) is 5.62. The Kier molecular flexibility index (Phi) is 4.68. The molecule has 1 atom stereocenters. The summed E-state index contributed by atoms with van der Waals surface area (Å²) < 4.78 is 26.6. The van der Waals surface area contributed by atoms with Gasteiger partial charge >= 0.3 is 0 Å². The van der Waals surface area contributed by atoms with E-state index in [-0.39, 0.29) is 6.04 Å². The smallest absolute Gasteiger partial charge is 0.240 e. The third-order valence-corrected chi connectivity index (χ3v) is 4.40. The lowest BCUT2D eigenvalue weighted by molar-refractivity contribution is 0.555. The highest BCUT2D eigenvalue weighted by Crippen LogP contribution is 2.15. The molecule has 0 aliphatic rings. The van der Waals surface area contributed by atoms with Crippen molar-refractivity contribution in [2.45, 2.75) is 44.7 Å². The van der Waals surface area contributed by atoms with Gasteiger partial charge < -0.3 is 5.73 Å². The van der Waals surface area contributed by atoms with Crippen LogP contribution in [-0.4, -0.2) is 14.5 Å². The summed E-state index contributed by atoms with van der Waals surface area (Å²) in [7, 11) is -3.41. The standard InChI is InChI=1S/C12H20N2O2S/c1-4-10(3)14-17(15,16)12-6-5-11(8-13)9(2)7-12/h5-7,10,14H,4,8,13H2,1-3H3. The van der Waals surface area contributed by atoms with E-state index in [1.807, 2.05) is 20.8 Å². The maximum atomic E-state index is 12.0. The SMILES string of the molecule is CCC(C)NS(=O)(=O)c1ccc(CN)c(C)c1. The number of hydrogen-bond donors (Lipinski definition) is 2. The average molecular weight is 256 g/mol. The molecule has 0 amide bonds. The molecule has 0 aromatic heterocycles. The molecule has 1 unspecified atom stereocenters. The third kappa shape index (κ3) is 3.52. The molecule has 0 fully saturated rings. The van der Waals surface area contributed by atoms with Crippen molar-refractivity contribution < 1.29 is 8.42 Å². The first-order valence-electron chi connectivity index (χ1n) is 5.72. The molecule has 0 aliphatic heterocycles. The van der Waals surface area contributed by atoms with E-state index in [4.69, 9.17) is 5.73 Å². The van der Waals surface area contributed by atoms with Crippen molar-refractivity contribution in [1.82, 2.24) is 4.72 Å². The van der Waals surface area contributed by atoms with E-state index in [0.717, 1.165) is 17.5 Å². The Labute approximate surface area is 103 Å². The number of nitrogens with two attached hydrogens (primary N) is 1. The Bertz CT molecular complexity index is 483. The van der Waals surface area contributed by atoms with Crippen molar-refractivity contribution in [1.29, 1.82) is 0 Å². The summed E-state index contributed by atoms with van der Waals surface area (Å²) in [6, 6.07) is 4.96.